The first-order chi connectivity index (χ1) is 22.3. The van der Waals surface area contributed by atoms with Crippen molar-refractivity contribution < 1.29 is 9.47 Å². The number of hydrogen-bond donors (Lipinski definition) is 0. The van der Waals surface area contributed by atoms with Crippen molar-refractivity contribution in [3.05, 3.63) is 158 Å². The lowest BCUT2D eigenvalue weighted by molar-refractivity contribution is 0.472. The maximum absolute atomic E-state index is 6.94. The molecule has 1 aliphatic heterocycles. The summed E-state index contributed by atoms with van der Waals surface area (Å²) in [7, 11) is 0. The summed E-state index contributed by atoms with van der Waals surface area (Å²) in [6.45, 7) is 0. The van der Waals surface area contributed by atoms with Crippen molar-refractivity contribution in [1.29, 1.82) is 0 Å². The van der Waals surface area contributed by atoms with Crippen molar-refractivity contribution in [3.63, 3.8) is 0 Å². The van der Waals surface area contributed by atoms with E-state index in [-0.39, 0.29) is 0 Å². The third kappa shape index (κ3) is 4.40. The molecule has 0 atom stereocenters. The zero-order chi connectivity index (χ0) is 29.7. The van der Waals surface area contributed by atoms with Crippen LogP contribution in [-0.4, -0.2) is 0 Å². The fourth-order valence-electron chi connectivity index (χ4n) is 6.44. The van der Waals surface area contributed by atoms with Crippen LogP contribution >= 0.6 is 11.3 Å². The molecule has 45 heavy (non-hydrogen) atoms. The summed E-state index contributed by atoms with van der Waals surface area (Å²) in [6, 6.07) is 55.1. The van der Waals surface area contributed by atoms with Crippen LogP contribution in [0.4, 0.5) is 0 Å². The average Bonchev–Trinajstić information content (AvgIpc) is 3.48. The predicted molar refractivity (Wildman–Crippen MR) is 188 cm³/mol. The van der Waals surface area contributed by atoms with Crippen LogP contribution in [0.5, 0.6) is 23.0 Å². The second-order valence-corrected chi connectivity index (χ2v) is 12.3. The second kappa shape index (κ2) is 10.5. The van der Waals surface area contributed by atoms with E-state index in [0.717, 1.165) is 61.9 Å². The van der Waals surface area contributed by atoms with Crippen LogP contribution in [0.25, 0.3) is 64.7 Å². The van der Waals surface area contributed by atoms with E-state index in [1.54, 1.807) is 0 Å². The Hall–Kier alpha value is -5.64. The summed E-state index contributed by atoms with van der Waals surface area (Å²) in [5, 5.41) is 2.56. The van der Waals surface area contributed by atoms with Crippen LogP contribution in [0.1, 0.15) is 0 Å². The van der Waals surface area contributed by atoms with Crippen molar-refractivity contribution >= 4 is 31.5 Å². The van der Waals surface area contributed by atoms with Crippen molar-refractivity contribution in [2.75, 3.05) is 0 Å². The van der Waals surface area contributed by atoms with E-state index in [1.165, 1.54) is 25.7 Å². The second-order valence-electron chi connectivity index (χ2n) is 11.3. The number of para-hydroxylation sites is 2. The molecule has 212 valence electrons. The molecule has 7 aromatic carbocycles. The molecule has 9 rings (SSSR count). The van der Waals surface area contributed by atoms with Gasteiger partial charge in [0, 0.05) is 42.4 Å². The number of ether oxygens (including phenoxy) is 2. The third-order valence-corrected chi connectivity index (χ3v) is 9.71. The van der Waals surface area contributed by atoms with Gasteiger partial charge in [-0.3, -0.25) is 0 Å². The number of rotatable bonds is 2. The van der Waals surface area contributed by atoms with Gasteiger partial charge < -0.3 is 9.47 Å². The highest BCUT2D eigenvalue weighted by molar-refractivity contribution is 7.25. The maximum atomic E-state index is 6.94. The van der Waals surface area contributed by atoms with E-state index < -0.39 is 0 Å². The molecule has 0 bridgehead atoms. The van der Waals surface area contributed by atoms with Crippen molar-refractivity contribution in [1.82, 2.24) is 0 Å². The lowest BCUT2D eigenvalue weighted by Crippen LogP contribution is -1.98. The smallest absolute Gasteiger partial charge is 0.136 e. The van der Waals surface area contributed by atoms with Crippen molar-refractivity contribution in [2.45, 2.75) is 0 Å². The maximum Gasteiger partial charge on any atom is 0.136 e. The van der Waals surface area contributed by atoms with Crippen LogP contribution in [0.3, 0.4) is 0 Å². The quantitative estimate of drug-likeness (QED) is 0.198. The Labute approximate surface area is 265 Å². The van der Waals surface area contributed by atoms with Gasteiger partial charge in [0.05, 0.1) is 0 Å². The van der Waals surface area contributed by atoms with E-state index in [2.05, 4.69) is 115 Å². The molecule has 0 spiro atoms. The van der Waals surface area contributed by atoms with Crippen LogP contribution in [0.15, 0.2) is 158 Å². The van der Waals surface area contributed by atoms with Crippen LogP contribution in [-0.2, 0) is 0 Å². The molecule has 8 aromatic rings. The standard InChI is InChI=1S/C42H26O2S/c1-2-11-27(12-3-1)28-21-23-33-34-24-22-29(30-16-10-20-41-42(30)35-15-6-9-19-40(35)45-41)26-39(34)44-37-18-8-5-14-32(37)31-13-4-7-17-36(31)43-38(33)25-28/h1-26H. The molecule has 2 heterocycles. The SMILES string of the molecule is c1ccc(-c2ccc3c(c2)Oc2ccccc2-c2ccccc2Oc2cc(-c4cccc5sc6ccccc6c45)ccc2-3)cc1. The first kappa shape index (κ1) is 25.8. The van der Waals surface area contributed by atoms with Crippen molar-refractivity contribution in [2.24, 2.45) is 0 Å². The topological polar surface area (TPSA) is 18.5 Å². The van der Waals surface area contributed by atoms with Gasteiger partial charge in [-0.2, -0.15) is 0 Å². The number of fused-ring (bicyclic) bond motifs is 9. The summed E-state index contributed by atoms with van der Waals surface area (Å²) < 4.78 is 16.4. The lowest BCUT2D eigenvalue weighted by atomic mass is 9.94. The molecule has 0 radical (unpaired) electrons. The van der Waals surface area contributed by atoms with E-state index in [9.17, 15) is 0 Å². The predicted octanol–water partition coefficient (Wildman–Crippen LogP) is 12.6. The highest BCUT2D eigenvalue weighted by Gasteiger charge is 2.22. The highest BCUT2D eigenvalue weighted by Crippen LogP contribution is 2.49. The molecular formula is C42H26O2S. The Morgan fingerprint density at radius 1 is 0.333 bits per heavy atom. The van der Waals surface area contributed by atoms with E-state index in [0.29, 0.717) is 0 Å². The molecule has 0 fully saturated rings. The highest BCUT2D eigenvalue weighted by atomic mass is 32.1. The van der Waals surface area contributed by atoms with Crippen LogP contribution < -0.4 is 9.47 Å². The van der Waals surface area contributed by atoms with Gasteiger partial charge in [-0.25, -0.2) is 0 Å². The van der Waals surface area contributed by atoms with Crippen molar-refractivity contribution in [3.8, 4) is 67.5 Å². The molecule has 0 aliphatic carbocycles. The van der Waals surface area contributed by atoms with Crippen LogP contribution in [0.2, 0.25) is 0 Å². The normalized spacial score (nSPS) is 11.9. The van der Waals surface area contributed by atoms with Gasteiger partial charge in [0.1, 0.15) is 23.0 Å². The molecule has 0 amide bonds. The van der Waals surface area contributed by atoms with Gasteiger partial charge in [0.2, 0.25) is 0 Å². The Balaban J connectivity index is 1.30. The monoisotopic (exact) mass is 594 g/mol. The molecule has 0 saturated carbocycles. The number of hydrogen-bond acceptors (Lipinski definition) is 3. The molecule has 2 nitrogen and oxygen atoms in total. The Morgan fingerprint density at radius 3 is 1.60 bits per heavy atom. The summed E-state index contributed by atoms with van der Waals surface area (Å²) in [6.07, 6.45) is 0. The Bertz CT molecular complexity index is 2390. The van der Waals surface area contributed by atoms with Gasteiger partial charge in [0.25, 0.3) is 0 Å². The summed E-state index contributed by atoms with van der Waals surface area (Å²) in [5.74, 6) is 3.14. The van der Waals surface area contributed by atoms with Gasteiger partial charge in [-0.1, -0.05) is 109 Å². The van der Waals surface area contributed by atoms with Gasteiger partial charge in [-0.15, -0.1) is 11.3 Å². The fourth-order valence-corrected chi connectivity index (χ4v) is 7.58. The first-order valence-corrected chi connectivity index (χ1v) is 15.9. The van der Waals surface area contributed by atoms with E-state index in [1.807, 2.05) is 53.8 Å². The molecular weight excluding hydrogens is 569 g/mol. The summed E-state index contributed by atoms with van der Waals surface area (Å²) in [5.41, 5.74) is 8.47. The lowest BCUT2D eigenvalue weighted by Gasteiger charge is -2.22. The Morgan fingerprint density at radius 2 is 0.867 bits per heavy atom. The van der Waals surface area contributed by atoms with E-state index in [4.69, 9.17) is 9.47 Å². The fraction of sp³-hybridized carbons (Fsp3) is 0. The first-order valence-electron chi connectivity index (χ1n) is 15.1. The minimum atomic E-state index is 0.784. The average molecular weight is 595 g/mol. The molecule has 0 unspecified atom stereocenters. The van der Waals surface area contributed by atoms with Gasteiger partial charge in [-0.05, 0) is 70.8 Å². The summed E-state index contributed by atoms with van der Waals surface area (Å²) >= 11 is 1.84. The minimum Gasteiger partial charge on any atom is -0.456 e. The number of benzene rings is 7. The van der Waals surface area contributed by atoms with Crippen LogP contribution in [0, 0.1) is 0 Å². The number of thiophene rings is 1. The molecule has 3 heteroatoms. The largest absolute Gasteiger partial charge is 0.456 e. The van der Waals surface area contributed by atoms with Gasteiger partial charge in [0.15, 0.2) is 0 Å². The summed E-state index contributed by atoms with van der Waals surface area (Å²) in [4.78, 5) is 0. The van der Waals surface area contributed by atoms with Gasteiger partial charge >= 0.3 is 0 Å². The molecule has 1 aromatic heterocycles. The third-order valence-electron chi connectivity index (χ3n) is 8.58. The molecule has 0 saturated heterocycles. The minimum absolute atomic E-state index is 0.784. The zero-order valence-electron chi connectivity index (χ0n) is 24.2. The molecule has 0 N–H and O–H groups in total. The zero-order valence-corrected chi connectivity index (χ0v) is 25.1. The van der Waals surface area contributed by atoms with E-state index >= 15 is 0 Å². The Kier molecular flexibility index (Phi) is 6.03. The molecule has 1 aliphatic rings.